The van der Waals surface area contributed by atoms with Crippen molar-refractivity contribution in [2.24, 2.45) is 0 Å². The first-order valence-electron chi connectivity index (χ1n) is 6.93. The van der Waals surface area contributed by atoms with Gasteiger partial charge in [-0.15, -0.1) is 0 Å². The van der Waals surface area contributed by atoms with Crippen LogP contribution in [0, 0.1) is 6.92 Å². The van der Waals surface area contributed by atoms with Crippen LogP contribution < -0.4 is 5.32 Å². The zero-order valence-corrected chi connectivity index (χ0v) is 12.4. The largest absolute Gasteiger partial charge is 0.507 e. The molecule has 21 heavy (non-hydrogen) atoms. The number of phenolic OH excluding ortho intramolecular Hbond substituents is 1. The van der Waals surface area contributed by atoms with Gasteiger partial charge in [-0.05, 0) is 49.1 Å². The topological polar surface area (TPSA) is 49.3 Å². The first kappa shape index (κ1) is 14.0. The fraction of sp³-hybridized carbons (Fsp3) is 0.235. The summed E-state index contributed by atoms with van der Waals surface area (Å²) in [6, 6.07) is 10.8. The Labute approximate surface area is 128 Å². The van der Waals surface area contributed by atoms with Gasteiger partial charge < -0.3 is 10.4 Å². The van der Waals surface area contributed by atoms with E-state index in [1.54, 1.807) is 6.07 Å². The van der Waals surface area contributed by atoms with Crippen LogP contribution in [-0.4, -0.2) is 11.0 Å². The van der Waals surface area contributed by atoms with E-state index in [2.05, 4.69) is 30.4 Å². The van der Waals surface area contributed by atoms with E-state index in [0.29, 0.717) is 5.02 Å². The molecule has 2 N–H and O–H groups in total. The molecule has 1 aliphatic rings. The average molecular weight is 302 g/mol. The number of benzene rings is 2. The second kappa shape index (κ2) is 5.41. The van der Waals surface area contributed by atoms with Gasteiger partial charge in [-0.2, -0.15) is 0 Å². The van der Waals surface area contributed by atoms with E-state index in [1.165, 1.54) is 23.3 Å². The highest BCUT2D eigenvalue weighted by Gasteiger charge is 2.25. The first-order chi connectivity index (χ1) is 10.0. The zero-order chi connectivity index (χ0) is 15.0. The summed E-state index contributed by atoms with van der Waals surface area (Å²) in [5.41, 5.74) is 3.89. The molecule has 0 aromatic heterocycles. The van der Waals surface area contributed by atoms with Crippen LogP contribution >= 0.6 is 11.6 Å². The van der Waals surface area contributed by atoms with Crippen molar-refractivity contribution in [1.29, 1.82) is 0 Å². The Morgan fingerprint density at radius 3 is 2.90 bits per heavy atom. The van der Waals surface area contributed by atoms with Gasteiger partial charge in [0.25, 0.3) is 5.91 Å². The summed E-state index contributed by atoms with van der Waals surface area (Å²) < 4.78 is 0. The van der Waals surface area contributed by atoms with Crippen molar-refractivity contribution in [2.45, 2.75) is 25.8 Å². The number of amides is 1. The van der Waals surface area contributed by atoms with Crippen LogP contribution in [0.3, 0.4) is 0 Å². The Morgan fingerprint density at radius 1 is 1.29 bits per heavy atom. The maximum absolute atomic E-state index is 12.3. The third kappa shape index (κ3) is 2.74. The van der Waals surface area contributed by atoms with Crippen molar-refractivity contribution in [3.63, 3.8) is 0 Å². The van der Waals surface area contributed by atoms with Gasteiger partial charge >= 0.3 is 0 Å². The molecule has 0 spiro atoms. The van der Waals surface area contributed by atoms with Crippen LogP contribution in [0.2, 0.25) is 5.02 Å². The number of carbonyl (C=O) groups is 1. The van der Waals surface area contributed by atoms with E-state index < -0.39 is 0 Å². The van der Waals surface area contributed by atoms with Crippen molar-refractivity contribution < 1.29 is 9.90 Å². The number of phenols is 1. The van der Waals surface area contributed by atoms with E-state index in [0.717, 1.165) is 18.4 Å². The van der Waals surface area contributed by atoms with Crippen molar-refractivity contribution in [2.75, 3.05) is 0 Å². The minimum atomic E-state index is -0.298. The second-order valence-electron chi connectivity index (χ2n) is 5.43. The van der Waals surface area contributed by atoms with Crippen molar-refractivity contribution in [3.8, 4) is 5.75 Å². The molecule has 3 nitrogen and oxygen atoms in total. The van der Waals surface area contributed by atoms with Gasteiger partial charge in [0, 0.05) is 5.02 Å². The maximum atomic E-state index is 12.3. The van der Waals surface area contributed by atoms with Crippen LogP contribution in [0.25, 0.3) is 0 Å². The number of hydrogen-bond donors (Lipinski definition) is 2. The minimum Gasteiger partial charge on any atom is -0.507 e. The van der Waals surface area contributed by atoms with E-state index in [1.807, 2.05) is 0 Å². The molecule has 0 unspecified atom stereocenters. The molecule has 1 amide bonds. The predicted molar refractivity (Wildman–Crippen MR) is 82.8 cm³/mol. The smallest absolute Gasteiger partial charge is 0.255 e. The molecule has 0 aliphatic heterocycles. The third-order valence-electron chi connectivity index (χ3n) is 3.88. The molecular formula is C17H16ClNO2. The highest BCUT2D eigenvalue weighted by atomic mass is 35.5. The number of nitrogens with one attached hydrogen (secondary N) is 1. The standard InChI is InChI=1S/C17H16ClNO2/c1-10-2-5-13-11(8-10)3-6-15(13)19-17(21)14-9-12(18)4-7-16(14)20/h2,4-5,7-9,15,20H,3,6H2,1H3,(H,19,21)/t15-/m1/s1. The molecule has 108 valence electrons. The van der Waals surface area contributed by atoms with Gasteiger partial charge in [-0.25, -0.2) is 0 Å². The summed E-state index contributed by atoms with van der Waals surface area (Å²) >= 11 is 5.88. The molecule has 0 bridgehead atoms. The lowest BCUT2D eigenvalue weighted by Gasteiger charge is -2.15. The third-order valence-corrected chi connectivity index (χ3v) is 4.12. The Balaban J connectivity index is 1.82. The molecule has 1 atom stereocenters. The Bertz CT molecular complexity index is 712. The fourth-order valence-electron chi connectivity index (χ4n) is 2.82. The van der Waals surface area contributed by atoms with Gasteiger partial charge in [0.15, 0.2) is 0 Å². The highest BCUT2D eigenvalue weighted by molar-refractivity contribution is 6.31. The summed E-state index contributed by atoms with van der Waals surface area (Å²) in [5.74, 6) is -0.354. The van der Waals surface area contributed by atoms with E-state index in [-0.39, 0.29) is 23.3 Å². The molecule has 2 aromatic carbocycles. The van der Waals surface area contributed by atoms with Crippen LogP contribution in [0.15, 0.2) is 36.4 Å². The van der Waals surface area contributed by atoms with Crippen molar-refractivity contribution >= 4 is 17.5 Å². The van der Waals surface area contributed by atoms with E-state index >= 15 is 0 Å². The average Bonchev–Trinajstić information content (AvgIpc) is 2.83. The fourth-order valence-corrected chi connectivity index (χ4v) is 2.99. The molecule has 3 rings (SSSR count). The lowest BCUT2D eigenvalue weighted by atomic mass is 10.0. The molecular weight excluding hydrogens is 286 g/mol. The summed E-state index contributed by atoms with van der Waals surface area (Å²) in [6.07, 6.45) is 1.84. The summed E-state index contributed by atoms with van der Waals surface area (Å²) in [4.78, 5) is 12.3. The molecule has 0 radical (unpaired) electrons. The minimum absolute atomic E-state index is 0.00789. The maximum Gasteiger partial charge on any atom is 0.255 e. The second-order valence-corrected chi connectivity index (χ2v) is 5.86. The number of rotatable bonds is 2. The van der Waals surface area contributed by atoms with Gasteiger partial charge in [-0.1, -0.05) is 35.4 Å². The monoisotopic (exact) mass is 301 g/mol. The van der Waals surface area contributed by atoms with Gasteiger partial charge in [0.05, 0.1) is 11.6 Å². The summed E-state index contributed by atoms with van der Waals surface area (Å²) in [5, 5.41) is 13.2. The van der Waals surface area contributed by atoms with E-state index in [4.69, 9.17) is 11.6 Å². The Hall–Kier alpha value is -2.00. The SMILES string of the molecule is Cc1ccc2c(c1)CC[C@H]2NC(=O)c1cc(Cl)ccc1O. The summed E-state index contributed by atoms with van der Waals surface area (Å²) in [6.45, 7) is 2.07. The van der Waals surface area contributed by atoms with Gasteiger partial charge in [-0.3, -0.25) is 4.79 Å². The van der Waals surface area contributed by atoms with E-state index in [9.17, 15) is 9.90 Å². The molecule has 0 fully saturated rings. The zero-order valence-electron chi connectivity index (χ0n) is 11.7. The van der Waals surface area contributed by atoms with Gasteiger partial charge in [0.1, 0.15) is 5.75 Å². The highest BCUT2D eigenvalue weighted by Crippen LogP contribution is 2.32. The quantitative estimate of drug-likeness (QED) is 0.887. The Kier molecular flexibility index (Phi) is 3.60. The molecule has 0 saturated heterocycles. The van der Waals surface area contributed by atoms with Crippen LogP contribution in [-0.2, 0) is 6.42 Å². The predicted octanol–water partition coefficient (Wildman–Crippen LogP) is 3.77. The first-order valence-corrected chi connectivity index (χ1v) is 7.31. The molecule has 0 heterocycles. The van der Waals surface area contributed by atoms with Crippen LogP contribution in [0.4, 0.5) is 0 Å². The van der Waals surface area contributed by atoms with Gasteiger partial charge in [0.2, 0.25) is 0 Å². The normalized spacial score (nSPS) is 16.6. The Morgan fingerprint density at radius 2 is 2.10 bits per heavy atom. The summed E-state index contributed by atoms with van der Waals surface area (Å²) in [7, 11) is 0. The number of aromatic hydroxyl groups is 1. The molecule has 2 aromatic rings. The molecule has 0 saturated carbocycles. The van der Waals surface area contributed by atoms with Crippen LogP contribution in [0.5, 0.6) is 5.75 Å². The number of aryl methyl sites for hydroxylation is 2. The number of carbonyl (C=O) groups excluding carboxylic acids is 1. The lowest BCUT2D eigenvalue weighted by Crippen LogP contribution is -2.27. The number of halogens is 1. The van der Waals surface area contributed by atoms with Crippen molar-refractivity contribution in [1.82, 2.24) is 5.32 Å². The molecule has 4 heteroatoms. The molecule has 1 aliphatic carbocycles. The lowest BCUT2D eigenvalue weighted by molar-refractivity contribution is 0.0934. The van der Waals surface area contributed by atoms with Crippen molar-refractivity contribution in [3.05, 3.63) is 63.7 Å². The number of hydrogen-bond acceptors (Lipinski definition) is 2. The number of fused-ring (bicyclic) bond motifs is 1. The van der Waals surface area contributed by atoms with Crippen LogP contribution in [0.1, 0.15) is 39.5 Å².